The Morgan fingerprint density at radius 3 is 2.70 bits per heavy atom. The van der Waals surface area contributed by atoms with E-state index in [1.54, 1.807) is 0 Å². The first-order valence-corrected chi connectivity index (χ1v) is 8.64. The van der Waals surface area contributed by atoms with Gasteiger partial charge in [-0.05, 0) is 69.9 Å². The highest BCUT2D eigenvalue weighted by molar-refractivity contribution is 7.10. The number of piperidine rings is 1. The number of aryl methyl sites for hydroxylation is 1. The summed E-state index contributed by atoms with van der Waals surface area (Å²) in [7, 11) is 4.37. The molecule has 1 N–H and O–H groups in total. The van der Waals surface area contributed by atoms with E-state index in [-0.39, 0.29) is 0 Å². The van der Waals surface area contributed by atoms with Crippen LogP contribution in [-0.4, -0.2) is 56.6 Å². The summed E-state index contributed by atoms with van der Waals surface area (Å²) in [5, 5.41) is 5.76. The van der Waals surface area contributed by atoms with Crippen molar-refractivity contribution in [2.45, 2.75) is 26.3 Å². The molecule has 114 valence electrons. The van der Waals surface area contributed by atoms with Crippen LogP contribution in [0.4, 0.5) is 0 Å². The minimum Gasteiger partial charge on any atom is -0.311 e. The fraction of sp³-hybridized carbons (Fsp3) is 0.750. The Labute approximate surface area is 128 Å². The molecular weight excluding hydrogens is 266 g/mol. The number of thiophene rings is 1. The van der Waals surface area contributed by atoms with E-state index in [0.717, 1.165) is 19.0 Å². The molecule has 3 nitrogen and oxygen atoms in total. The van der Waals surface area contributed by atoms with Gasteiger partial charge in [-0.15, -0.1) is 11.3 Å². The SMILES string of the molecule is Cc1ccsc1CNCCN1CCC(CN(C)C)CC1. The highest BCUT2D eigenvalue weighted by atomic mass is 32.1. The van der Waals surface area contributed by atoms with Crippen molar-refractivity contribution in [2.24, 2.45) is 5.92 Å². The quantitative estimate of drug-likeness (QED) is 0.780. The van der Waals surface area contributed by atoms with Gasteiger partial charge in [0, 0.05) is 31.1 Å². The molecule has 0 atom stereocenters. The number of nitrogens with zero attached hydrogens (tertiary/aromatic N) is 2. The van der Waals surface area contributed by atoms with Crippen LogP contribution in [0.1, 0.15) is 23.3 Å². The van der Waals surface area contributed by atoms with Crippen LogP contribution in [-0.2, 0) is 6.54 Å². The zero-order valence-corrected chi connectivity index (χ0v) is 14.0. The van der Waals surface area contributed by atoms with Gasteiger partial charge in [-0.25, -0.2) is 0 Å². The number of likely N-dealkylation sites (tertiary alicyclic amines) is 1. The molecule has 0 amide bonds. The van der Waals surface area contributed by atoms with E-state index in [1.165, 1.54) is 49.5 Å². The molecule has 0 radical (unpaired) electrons. The molecule has 2 heterocycles. The lowest BCUT2D eigenvalue weighted by Crippen LogP contribution is -2.40. The Balaban J connectivity index is 1.56. The van der Waals surface area contributed by atoms with Gasteiger partial charge in [0.05, 0.1) is 0 Å². The summed E-state index contributed by atoms with van der Waals surface area (Å²) in [6.07, 6.45) is 2.73. The molecule has 1 aromatic rings. The van der Waals surface area contributed by atoms with Crippen LogP contribution in [0.25, 0.3) is 0 Å². The highest BCUT2D eigenvalue weighted by Gasteiger charge is 2.18. The summed E-state index contributed by atoms with van der Waals surface area (Å²) < 4.78 is 0. The molecule has 0 bridgehead atoms. The standard InChI is InChI=1S/C16H29N3S/c1-14-6-11-20-16(14)12-17-7-10-19-8-4-15(5-9-19)13-18(2)3/h6,11,15,17H,4-5,7-10,12-13H2,1-3H3. The van der Waals surface area contributed by atoms with Crippen molar-refractivity contribution >= 4 is 11.3 Å². The van der Waals surface area contributed by atoms with Crippen LogP contribution >= 0.6 is 11.3 Å². The second-order valence-electron chi connectivity index (χ2n) is 6.25. The molecule has 1 fully saturated rings. The second kappa shape index (κ2) is 8.13. The van der Waals surface area contributed by atoms with Crippen LogP contribution in [0.15, 0.2) is 11.4 Å². The van der Waals surface area contributed by atoms with Gasteiger partial charge in [-0.3, -0.25) is 0 Å². The summed E-state index contributed by atoms with van der Waals surface area (Å²) in [4.78, 5) is 6.42. The first-order valence-electron chi connectivity index (χ1n) is 7.76. The van der Waals surface area contributed by atoms with E-state index >= 15 is 0 Å². The number of hydrogen-bond acceptors (Lipinski definition) is 4. The predicted octanol–water partition coefficient (Wildman–Crippen LogP) is 2.42. The smallest absolute Gasteiger partial charge is 0.0302 e. The van der Waals surface area contributed by atoms with E-state index in [0.29, 0.717) is 0 Å². The van der Waals surface area contributed by atoms with Gasteiger partial charge in [0.25, 0.3) is 0 Å². The molecule has 0 saturated carbocycles. The molecule has 2 rings (SSSR count). The van der Waals surface area contributed by atoms with Crippen LogP contribution in [0.2, 0.25) is 0 Å². The van der Waals surface area contributed by atoms with Gasteiger partial charge in [-0.1, -0.05) is 0 Å². The van der Waals surface area contributed by atoms with Gasteiger partial charge in [0.2, 0.25) is 0 Å². The molecule has 20 heavy (non-hydrogen) atoms. The Bertz CT molecular complexity index is 381. The average molecular weight is 295 g/mol. The summed E-state index contributed by atoms with van der Waals surface area (Å²) in [5.74, 6) is 0.906. The topological polar surface area (TPSA) is 18.5 Å². The number of hydrogen-bond donors (Lipinski definition) is 1. The number of nitrogens with one attached hydrogen (secondary N) is 1. The minimum absolute atomic E-state index is 0.906. The molecule has 1 aliphatic rings. The first-order chi connectivity index (χ1) is 9.65. The van der Waals surface area contributed by atoms with Crippen molar-refractivity contribution in [3.8, 4) is 0 Å². The number of rotatable bonds is 7. The Kier molecular flexibility index (Phi) is 6.49. The van der Waals surface area contributed by atoms with Crippen molar-refractivity contribution in [3.05, 3.63) is 21.9 Å². The van der Waals surface area contributed by atoms with Crippen molar-refractivity contribution in [3.63, 3.8) is 0 Å². The third kappa shape index (κ3) is 5.17. The van der Waals surface area contributed by atoms with E-state index in [2.05, 4.69) is 47.6 Å². The molecule has 1 aliphatic heterocycles. The molecular formula is C16H29N3S. The maximum Gasteiger partial charge on any atom is 0.0302 e. The fourth-order valence-corrected chi connectivity index (χ4v) is 3.81. The molecule has 0 unspecified atom stereocenters. The van der Waals surface area contributed by atoms with Gasteiger partial charge in [0.1, 0.15) is 0 Å². The molecule has 4 heteroatoms. The highest BCUT2D eigenvalue weighted by Crippen LogP contribution is 2.17. The lowest BCUT2D eigenvalue weighted by molar-refractivity contribution is 0.163. The lowest BCUT2D eigenvalue weighted by Gasteiger charge is -2.33. The van der Waals surface area contributed by atoms with E-state index in [4.69, 9.17) is 0 Å². The van der Waals surface area contributed by atoms with Crippen molar-refractivity contribution in [1.82, 2.24) is 15.1 Å². The monoisotopic (exact) mass is 295 g/mol. The zero-order valence-electron chi connectivity index (χ0n) is 13.2. The van der Waals surface area contributed by atoms with E-state index in [9.17, 15) is 0 Å². The molecule has 0 aromatic carbocycles. The van der Waals surface area contributed by atoms with Crippen LogP contribution in [0.3, 0.4) is 0 Å². The summed E-state index contributed by atoms with van der Waals surface area (Å²) in [6, 6.07) is 2.21. The van der Waals surface area contributed by atoms with Crippen molar-refractivity contribution < 1.29 is 0 Å². The van der Waals surface area contributed by atoms with Gasteiger partial charge < -0.3 is 15.1 Å². The molecule has 1 aromatic heterocycles. The normalized spacial score (nSPS) is 18.0. The Morgan fingerprint density at radius 1 is 1.35 bits per heavy atom. The largest absolute Gasteiger partial charge is 0.311 e. The molecule has 0 spiro atoms. The zero-order chi connectivity index (χ0) is 14.4. The summed E-state index contributed by atoms with van der Waals surface area (Å²) >= 11 is 1.86. The van der Waals surface area contributed by atoms with Gasteiger partial charge >= 0.3 is 0 Å². The van der Waals surface area contributed by atoms with Gasteiger partial charge in [-0.2, -0.15) is 0 Å². The molecule has 1 saturated heterocycles. The van der Waals surface area contributed by atoms with Crippen LogP contribution < -0.4 is 5.32 Å². The fourth-order valence-electron chi connectivity index (χ4n) is 2.93. The average Bonchev–Trinajstić information content (AvgIpc) is 2.82. The minimum atomic E-state index is 0.906. The third-order valence-electron chi connectivity index (χ3n) is 4.19. The Morgan fingerprint density at radius 2 is 2.10 bits per heavy atom. The lowest BCUT2D eigenvalue weighted by atomic mass is 9.96. The van der Waals surface area contributed by atoms with Crippen molar-refractivity contribution in [1.29, 1.82) is 0 Å². The summed E-state index contributed by atoms with van der Waals surface area (Å²) in [5.41, 5.74) is 1.42. The summed E-state index contributed by atoms with van der Waals surface area (Å²) in [6.45, 7) is 9.33. The van der Waals surface area contributed by atoms with Gasteiger partial charge in [0.15, 0.2) is 0 Å². The van der Waals surface area contributed by atoms with E-state index in [1.807, 2.05) is 11.3 Å². The maximum absolute atomic E-state index is 3.58. The Hall–Kier alpha value is -0.420. The predicted molar refractivity (Wildman–Crippen MR) is 88.5 cm³/mol. The third-order valence-corrected chi connectivity index (χ3v) is 5.21. The molecule has 0 aliphatic carbocycles. The van der Waals surface area contributed by atoms with E-state index < -0.39 is 0 Å². The van der Waals surface area contributed by atoms with Crippen LogP contribution in [0, 0.1) is 12.8 Å². The first kappa shape index (κ1) is 16.0. The van der Waals surface area contributed by atoms with Crippen molar-refractivity contribution in [2.75, 3.05) is 46.8 Å². The van der Waals surface area contributed by atoms with Crippen LogP contribution in [0.5, 0.6) is 0 Å². The maximum atomic E-state index is 3.58. The second-order valence-corrected chi connectivity index (χ2v) is 7.25.